The Balaban J connectivity index is 1.54. The summed E-state index contributed by atoms with van der Waals surface area (Å²) in [6, 6.07) is 12.2. The first-order valence-electron chi connectivity index (χ1n) is 8.83. The molecule has 0 saturated carbocycles. The van der Waals surface area contributed by atoms with E-state index in [0.717, 1.165) is 31.6 Å². The van der Waals surface area contributed by atoms with Crippen LogP contribution in [0.3, 0.4) is 0 Å². The monoisotopic (exact) mass is 387 g/mol. The van der Waals surface area contributed by atoms with Crippen molar-refractivity contribution < 1.29 is 14.3 Å². The van der Waals surface area contributed by atoms with E-state index in [0.29, 0.717) is 22.0 Å². The fourth-order valence-corrected chi connectivity index (χ4v) is 3.16. The van der Waals surface area contributed by atoms with E-state index in [2.05, 4.69) is 10.6 Å². The van der Waals surface area contributed by atoms with Gasteiger partial charge in [0.05, 0.1) is 19.3 Å². The first kappa shape index (κ1) is 19.0. The molecule has 7 heteroatoms. The Morgan fingerprint density at radius 2 is 1.81 bits per heavy atom. The Morgan fingerprint density at radius 3 is 2.48 bits per heavy atom. The van der Waals surface area contributed by atoms with Crippen molar-refractivity contribution in [1.29, 1.82) is 0 Å². The number of nitrogens with zero attached hydrogens (tertiary/aromatic N) is 1. The van der Waals surface area contributed by atoms with Crippen molar-refractivity contribution in [1.82, 2.24) is 4.90 Å². The van der Waals surface area contributed by atoms with Crippen LogP contribution in [0, 0.1) is 0 Å². The Bertz CT molecular complexity index is 818. The van der Waals surface area contributed by atoms with Gasteiger partial charge in [0.15, 0.2) is 0 Å². The molecule has 27 heavy (non-hydrogen) atoms. The number of benzene rings is 2. The molecule has 2 aromatic carbocycles. The molecule has 2 aromatic rings. The minimum Gasteiger partial charge on any atom is -0.495 e. The van der Waals surface area contributed by atoms with Crippen molar-refractivity contribution in [2.45, 2.75) is 12.8 Å². The van der Waals surface area contributed by atoms with E-state index in [-0.39, 0.29) is 18.4 Å². The summed E-state index contributed by atoms with van der Waals surface area (Å²) < 4.78 is 5.21. The molecule has 0 bridgehead atoms. The second-order valence-corrected chi connectivity index (χ2v) is 6.76. The SMILES string of the molecule is COc1ccc(Cl)cc1NC(=O)CNc1ccc(C(=O)N2CCCC2)cc1. The van der Waals surface area contributed by atoms with E-state index < -0.39 is 0 Å². The highest BCUT2D eigenvalue weighted by atomic mass is 35.5. The van der Waals surface area contributed by atoms with Gasteiger partial charge in [-0.2, -0.15) is 0 Å². The number of likely N-dealkylation sites (tertiary alicyclic amines) is 1. The number of rotatable bonds is 6. The quantitative estimate of drug-likeness (QED) is 0.794. The Hall–Kier alpha value is -2.73. The molecular weight excluding hydrogens is 366 g/mol. The standard InChI is InChI=1S/C20H22ClN3O3/c1-27-18-9-6-15(21)12-17(18)23-19(25)13-22-16-7-4-14(5-8-16)20(26)24-10-2-3-11-24/h4-9,12,22H,2-3,10-11,13H2,1H3,(H,23,25). The lowest BCUT2D eigenvalue weighted by Gasteiger charge is -2.15. The summed E-state index contributed by atoms with van der Waals surface area (Å²) in [6.07, 6.45) is 2.13. The van der Waals surface area contributed by atoms with Crippen LogP contribution in [-0.2, 0) is 4.79 Å². The summed E-state index contributed by atoms with van der Waals surface area (Å²) in [5.41, 5.74) is 1.94. The second kappa shape index (κ2) is 8.77. The van der Waals surface area contributed by atoms with Crippen LogP contribution in [0.15, 0.2) is 42.5 Å². The van der Waals surface area contributed by atoms with Crippen LogP contribution in [0.5, 0.6) is 5.75 Å². The molecule has 0 aliphatic carbocycles. The zero-order chi connectivity index (χ0) is 19.2. The van der Waals surface area contributed by atoms with Crippen molar-refractivity contribution in [3.05, 3.63) is 53.1 Å². The van der Waals surface area contributed by atoms with Crippen LogP contribution in [0.25, 0.3) is 0 Å². The average molecular weight is 388 g/mol. The molecule has 0 spiro atoms. The van der Waals surface area contributed by atoms with Crippen molar-refractivity contribution >= 4 is 34.8 Å². The third-order valence-electron chi connectivity index (χ3n) is 4.41. The highest BCUT2D eigenvalue weighted by Crippen LogP contribution is 2.27. The summed E-state index contributed by atoms with van der Waals surface area (Å²) in [7, 11) is 1.53. The van der Waals surface area contributed by atoms with Crippen molar-refractivity contribution in [2.75, 3.05) is 37.4 Å². The summed E-state index contributed by atoms with van der Waals surface area (Å²) in [5.74, 6) is 0.371. The lowest BCUT2D eigenvalue weighted by Crippen LogP contribution is -2.27. The van der Waals surface area contributed by atoms with Crippen LogP contribution < -0.4 is 15.4 Å². The lowest BCUT2D eigenvalue weighted by atomic mass is 10.2. The summed E-state index contributed by atoms with van der Waals surface area (Å²) in [6.45, 7) is 1.73. The number of carbonyl (C=O) groups excluding carboxylic acids is 2. The third kappa shape index (κ3) is 4.92. The molecule has 1 heterocycles. The summed E-state index contributed by atoms with van der Waals surface area (Å²) in [4.78, 5) is 26.4. The predicted octanol–water partition coefficient (Wildman–Crippen LogP) is 3.64. The zero-order valence-electron chi connectivity index (χ0n) is 15.1. The van der Waals surface area contributed by atoms with Gasteiger partial charge in [-0.3, -0.25) is 9.59 Å². The maximum Gasteiger partial charge on any atom is 0.253 e. The number of ether oxygens (including phenoxy) is 1. The highest BCUT2D eigenvalue weighted by molar-refractivity contribution is 6.31. The van der Waals surface area contributed by atoms with Gasteiger partial charge in [0.25, 0.3) is 5.91 Å². The summed E-state index contributed by atoms with van der Waals surface area (Å²) in [5, 5.41) is 6.32. The summed E-state index contributed by atoms with van der Waals surface area (Å²) >= 11 is 5.96. The molecule has 0 atom stereocenters. The number of halogens is 1. The van der Waals surface area contributed by atoms with E-state index in [4.69, 9.17) is 16.3 Å². The minimum absolute atomic E-state index is 0.0600. The largest absolute Gasteiger partial charge is 0.495 e. The molecule has 0 unspecified atom stereocenters. The fraction of sp³-hybridized carbons (Fsp3) is 0.300. The second-order valence-electron chi connectivity index (χ2n) is 6.32. The average Bonchev–Trinajstić information content (AvgIpc) is 3.21. The molecule has 2 N–H and O–H groups in total. The maximum atomic E-state index is 12.3. The molecule has 6 nitrogen and oxygen atoms in total. The Morgan fingerprint density at radius 1 is 1.11 bits per heavy atom. The van der Waals surface area contributed by atoms with E-state index in [9.17, 15) is 9.59 Å². The van der Waals surface area contributed by atoms with E-state index in [1.807, 2.05) is 4.90 Å². The van der Waals surface area contributed by atoms with Gasteiger partial charge >= 0.3 is 0 Å². The topological polar surface area (TPSA) is 70.7 Å². The number of methoxy groups -OCH3 is 1. The van der Waals surface area contributed by atoms with Gasteiger partial charge in [-0.25, -0.2) is 0 Å². The molecule has 1 saturated heterocycles. The van der Waals surface area contributed by atoms with Gasteiger partial charge in [0, 0.05) is 29.4 Å². The lowest BCUT2D eigenvalue weighted by molar-refractivity contribution is -0.114. The van der Waals surface area contributed by atoms with Gasteiger partial charge < -0.3 is 20.3 Å². The van der Waals surface area contributed by atoms with Gasteiger partial charge in [0.2, 0.25) is 5.91 Å². The molecule has 1 aliphatic heterocycles. The van der Waals surface area contributed by atoms with Crippen LogP contribution in [0.4, 0.5) is 11.4 Å². The van der Waals surface area contributed by atoms with Gasteiger partial charge in [-0.15, -0.1) is 0 Å². The van der Waals surface area contributed by atoms with Crippen molar-refractivity contribution in [3.8, 4) is 5.75 Å². The van der Waals surface area contributed by atoms with E-state index >= 15 is 0 Å². The smallest absolute Gasteiger partial charge is 0.253 e. The maximum absolute atomic E-state index is 12.3. The fourth-order valence-electron chi connectivity index (χ4n) is 2.99. The molecule has 3 rings (SSSR count). The number of hydrogen-bond donors (Lipinski definition) is 2. The Kier molecular flexibility index (Phi) is 6.19. The van der Waals surface area contributed by atoms with Crippen LogP contribution in [-0.4, -0.2) is 43.5 Å². The molecular formula is C20H22ClN3O3. The number of amides is 2. The first-order valence-corrected chi connectivity index (χ1v) is 9.21. The number of carbonyl (C=O) groups is 2. The molecule has 142 valence electrons. The van der Waals surface area contributed by atoms with Crippen LogP contribution >= 0.6 is 11.6 Å². The molecule has 2 amide bonds. The van der Waals surface area contributed by atoms with Crippen molar-refractivity contribution in [3.63, 3.8) is 0 Å². The van der Waals surface area contributed by atoms with Crippen LogP contribution in [0.1, 0.15) is 23.2 Å². The normalized spacial score (nSPS) is 13.3. The van der Waals surface area contributed by atoms with E-state index in [1.54, 1.807) is 42.5 Å². The van der Waals surface area contributed by atoms with E-state index in [1.165, 1.54) is 7.11 Å². The minimum atomic E-state index is -0.229. The Labute approximate surface area is 163 Å². The number of anilines is 2. The molecule has 0 radical (unpaired) electrons. The highest BCUT2D eigenvalue weighted by Gasteiger charge is 2.19. The predicted molar refractivity (Wildman–Crippen MR) is 107 cm³/mol. The number of hydrogen-bond acceptors (Lipinski definition) is 4. The van der Waals surface area contributed by atoms with Gasteiger partial charge in [0.1, 0.15) is 5.75 Å². The molecule has 0 aromatic heterocycles. The first-order chi connectivity index (χ1) is 13.1. The number of nitrogens with one attached hydrogen (secondary N) is 2. The van der Waals surface area contributed by atoms with Crippen molar-refractivity contribution in [2.24, 2.45) is 0 Å². The van der Waals surface area contributed by atoms with Gasteiger partial charge in [-0.1, -0.05) is 11.6 Å². The third-order valence-corrected chi connectivity index (χ3v) is 4.65. The molecule has 1 aliphatic rings. The van der Waals surface area contributed by atoms with Crippen LogP contribution in [0.2, 0.25) is 5.02 Å². The molecule has 1 fully saturated rings. The zero-order valence-corrected chi connectivity index (χ0v) is 15.9. The van der Waals surface area contributed by atoms with Gasteiger partial charge in [-0.05, 0) is 55.3 Å².